The minimum Gasteiger partial charge on any atom is -0.490 e. The first-order chi connectivity index (χ1) is 8.52. The molecule has 0 unspecified atom stereocenters. The number of rotatable bonds is 2. The van der Waals surface area contributed by atoms with E-state index in [1.54, 1.807) is 11.0 Å². The second-order valence-corrected chi connectivity index (χ2v) is 4.24. The third-order valence-electron chi connectivity index (χ3n) is 3.16. The quantitative estimate of drug-likeness (QED) is 0.589. The Morgan fingerprint density at radius 2 is 2.17 bits per heavy atom. The Hall–Kier alpha value is -2.11. The van der Waals surface area contributed by atoms with Gasteiger partial charge in [-0.2, -0.15) is 0 Å². The van der Waals surface area contributed by atoms with Crippen molar-refractivity contribution in [2.24, 2.45) is 0 Å². The number of nitro benzene ring substituents is 1. The molecule has 96 valence electrons. The summed E-state index contributed by atoms with van der Waals surface area (Å²) in [5, 5.41) is 10.9. The Kier molecular flexibility index (Phi) is 3.18. The van der Waals surface area contributed by atoms with Crippen LogP contribution in [0.5, 0.6) is 5.75 Å². The number of carbonyl (C=O) groups is 1. The lowest BCUT2D eigenvalue weighted by atomic mass is 9.98. The second kappa shape index (κ2) is 4.64. The van der Waals surface area contributed by atoms with Gasteiger partial charge in [0.2, 0.25) is 5.91 Å². The van der Waals surface area contributed by atoms with Crippen molar-refractivity contribution in [3.05, 3.63) is 33.4 Å². The zero-order valence-electron chi connectivity index (χ0n) is 10.3. The van der Waals surface area contributed by atoms with E-state index in [4.69, 9.17) is 4.74 Å². The van der Waals surface area contributed by atoms with E-state index < -0.39 is 4.92 Å². The van der Waals surface area contributed by atoms with Crippen LogP contribution in [0.4, 0.5) is 5.69 Å². The van der Waals surface area contributed by atoms with Crippen LogP contribution in [0.2, 0.25) is 0 Å². The van der Waals surface area contributed by atoms with E-state index in [0.717, 1.165) is 11.1 Å². The lowest BCUT2D eigenvalue weighted by Crippen LogP contribution is -2.34. The Balaban J connectivity index is 2.42. The number of nitro groups is 1. The molecule has 0 spiro atoms. The number of fused-ring (bicyclic) bond motifs is 1. The molecule has 2 rings (SSSR count). The highest BCUT2D eigenvalue weighted by Gasteiger charge is 2.24. The maximum atomic E-state index is 11.3. The van der Waals surface area contributed by atoms with Crippen LogP contribution in [0, 0.1) is 10.1 Å². The molecular formula is C12H14N2O4. The average Bonchev–Trinajstić information content (AvgIpc) is 2.36. The van der Waals surface area contributed by atoms with E-state index >= 15 is 0 Å². The number of amides is 1. The molecule has 1 aromatic carbocycles. The van der Waals surface area contributed by atoms with Crippen LogP contribution in [0.25, 0.3) is 0 Å². The summed E-state index contributed by atoms with van der Waals surface area (Å²) in [6.45, 7) is 2.57. The van der Waals surface area contributed by atoms with Crippen molar-refractivity contribution < 1.29 is 14.5 Å². The van der Waals surface area contributed by atoms with E-state index in [1.165, 1.54) is 20.1 Å². The molecule has 0 aromatic heterocycles. The van der Waals surface area contributed by atoms with Crippen LogP contribution in [-0.2, 0) is 17.8 Å². The Bertz CT molecular complexity index is 513. The average molecular weight is 250 g/mol. The normalized spacial score (nSPS) is 14.0. The lowest BCUT2D eigenvalue weighted by molar-refractivity contribution is -0.385. The van der Waals surface area contributed by atoms with Crippen molar-refractivity contribution in [1.29, 1.82) is 0 Å². The van der Waals surface area contributed by atoms with Gasteiger partial charge in [-0.15, -0.1) is 0 Å². The number of hydrogen-bond donors (Lipinski definition) is 0. The molecule has 0 radical (unpaired) electrons. The molecule has 0 saturated heterocycles. The third kappa shape index (κ3) is 2.13. The number of nitrogens with zero attached hydrogens (tertiary/aromatic N) is 2. The van der Waals surface area contributed by atoms with Crippen molar-refractivity contribution in [2.75, 3.05) is 13.7 Å². The lowest BCUT2D eigenvalue weighted by Gasteiger charge is -2.28. The summed E-state index contributed by atoms with van der Waals surface area (Å²) < 4.78 is 5.02. The fourth-order valence-electron chi connectivity index (χ4n) is 2.15. The fourth-order valence-corrected chi connectivity index (χ4v) is 2.15. The fraction of sp³-hybridized carbons (Fsp3) is 0.417. The Morgan fingerprint density at radius 1 is 1.44 bits per heavy atom. The van der Waals surface area contributed by atoms with Crippen molar-refractivity contribution in [3.8, 4) is 5.75 Å². The highest BCUT2D eigenvalue weighted by atomic mass is 16.6. The highest BCUT2D eigenvalue weighted by Crippen LogP contribution is 2.32. The van der Waals surface area contributed by atoms with E-state index in [9.17, 15) is 14.9 Å². The molecule has 1 heterocycles. The summed E-state index contributed by atoms with van der Waals surface area (Å²) in [6.07, 6.45) is 0.698. The van der Waals surface area contributed by atoms with Gasteiger partial charge < -0.3 is 9.64 Å². The van der Waals surface area contributed by atoms with E-state index in [2.05, 4.69) is 0 Å². The molecule has 0 saturated carbocycles. The number of methoxy groups -OCH3 is 1. The number of hydrogen-bond acceptors (Lipinski definition) is 4. The first kappa shape index (κ1) is 12.3. The molecule has 6 nitrogen and oxygen atoms in total. The van der Waals surface area contributed by atoms with E-state index in [-0.39, 0.29) is 17.3 Å². The predicted octanol–water partition coefficient (Wildman–Crippen LogP) is 1.51. The molecule has 1 aliphatic rings. The van der Waals surface area contributed by atoms with E-state index in [1.807, 2.05) is 0 Å². The minimum absolute atomic E-state index is 0.0147. The SMILES string of the molecule is COc1cc2c(cc1[N+](=O)[O-])CN(C(C)=O)CC2. The Morgan fingerprint density at radius 3 is 2.72 bits per heavy atom. The topological polar surface area (TPSA) is 72.7 Å². The summed E-state index contributed by atoms with van der Waals surface area (Å²) >= 11 is 0. The molecule has 1 amide bonds. The molecule has 0 aliphatic carbocycles. The molecule has 0 atom stereocenters. The van der Waals surface area contributed by atoms with Crippen LogP contribution < -0.4 is 4.74 Å². The molecule has 0 N–H and O–H groups in total. The third-order valence-corrected chi connectivity index (χ3v) is 3.16. The molecule has 18 heavy (non-hydrogen) atoms. The first-order valence-corrected chi connectivity index (χ1v) is 5.62. The summed E-state index contributed by atoms with van der Waals surface area (Å²) in [5.41, 5.74) is 1.78. The summed E-state index contributed by atoms with van der Waals surface area (Å²) in [7, 11) is 1.42. The van der Waals surface area contributed by atoms with Crippen LogP contribution in [0.1, 0.15) is 18.1 Å². The van der Waals surface area contributed by atoms with Crippen LogP contribution in [-0.4, -0.2) is 29.4 Å². The minimum atomic E-state index is -0.466. The molecular weight excluding hydrogens is 236 g/mol. The van der Waals surface area contributed by atoms with Gasteiger partial charge in [0.25, 0.3) is 0 Å². The van der Waals surface area contributed by atoms with Crippen molar-refractivity contribution in [2.45, 2.75) is 19.9 Å². The number of benzene rings is 1. The standard InChI is InChI=1S/C12H14N2O4/c1-8(15)13-4-3-9-6-12(18-2)11(14(16)17)5-10(9)7-13/h5-6H,3-4,7H2,1-2H3. The van der Waals surface area contributed by atoms with Crippen molar-refractivity contribution in [1.82, 2.24) is 4.90 Å². The largest absolute Gasteiger partial charge is 0.490 e. The number of carbonyl (C=O) groups excluding carboxylic acids is 1. The molecule has 1 aromatic rings. The summed E-state index contributed by atoms with van der Waals surface area (Å²) in [6, 6.07) is 3.20. The van der Waals surface area contributed by atoms with Gasteiger partial charge in [-0.1, -0.05) is 0 Å². The van der Waals surface area contributed by atoms with Crippen LogP contribution >= 0.6 is 0 Å². The van der Waals surface area contributed by atoms with Gasteiger partial charge in [0.05, 0.1) is 12.0 Å². The highest BCUT2D eigenvalue weighted by molar-refractivity contribution is 5.73. The van der Waals surface area contributed by atoms with Gasteiger partial charge in [-0.25, -0.2) is 0 Å². The van der Waals surface area contributed by atoms with Gasteiger partial charge in [0, 0.05) is 26.1 Å². The molecule has 0 bridgehead atoms. The zero-order valence-corrected chi connectivity index (χ0v) is 10.3. The van der Waals surface area contributed by atoms with Gasteiger partial charge in [0.1, 0.15) is 0 Å². The maximum Gasteiger partial charge on any atom is 0.311 e. The smallest absolute Gasteiger partial charge is 0.311 e. The monoisotopic (exact) mass is 250 g/mol. The molecule has 1 aliphatic heterocycles. The summed E-state index contributed by atoms with van der Waals surface area (Å²) in [4.78, 5) is 23.5. The van der Waals surface area contributed by atoms with Crippen LogP contribution in [0.15, 0.2) is 12.1 Å². The number of ether oxygens (including phenoxy) is 1. The van der Waals surface area contributed by atoms with Crippen LogP contribution in [0.3, 0.4) is 0 Å². The predicted molar refractivity (Wildman–Crippen MR) is 64.4 cm³/mol. The van der Waals surface area contributed by atoms with Gasteiger partial charge in [-0.05, 0) is 23.6 Å². The van der Waals surface area contributed by atoms with Gasteiger partial charge in [0.15, 0.2) is 5.75 Å². The van der Waals surface area contributed by atoms with Crippen molar-refractivity contribution in [3.63, 3.8) is 0 Å². The second-order valence-electron chi connectivity index (χ2n) is 4.24. The van der Waals surface area contributed by atoms with Gasteiger partial charge in [-0.3, -0.25) is 14.9 Å². The Labute approximate surface area is 104 Å². The maximum absolute atomic E-state index is 11.3. The van der Waals surface area contributed by atoms with Crippen molar-refractivity contribution >= 4 is 11.6 Å². The zero-order chi connectivity index (χ0) is 13.3. The van der Waals surface area contributed by atoms with E-state index in [0.29, 0.717) is 19.5 Å². The summed E-state index contributed by atoms with van der Waals surface area (Å²) in [5.74, 6) is 0.258. The van der Waals surface area contributed by atoms with Gasteiger partial charge >= 0.3 is 5.69 Å². The molecule has 6 heteroatoms. The molecule has 0 fully saturated rings. The first-order valence-electron chi connectivity index (χ1n) is 5.62.